The molecule has 5 rings (SSSR count). The van der Waals surface area contributed by atoms with Gasteiger partial charge in [0.1, 0.15) is 24.4 Å². The highest BCUT2D eigenvalue weighted by Crippen LogP contribution is 2.34. The maximum atomic E-state index is 13.3. The van der Waals surface area contributed by atoms with Gasteiger partial charge in [0.2, 0.25) is 0 Å². The summed E-state index contributed by atoms with van der Waals surface area (Å²) in [4.78, 5) is 27.8. The maximum absolute atomic E-state index is 13.3. The maximum Gasteiger partial charge on any atom is 0.262 e. The van der Waals surface area contributed by atoms with E-state index in [0.29, 0.717) is 17.7 Å². The molecule has 8 heteroatoms. The Balaban J connectivity index is 1.40. The van der Waals surface area contributed by atoms with Crippen molar-refractivity contribution in [3.63, 3.8) is 0 Å². The zero-order valence-electron chi connectivity index (χ0n) is 20.4. The zero-order chi connectivity index (χ0) is 25.8. The van der Waals surface area contributed by atoms with E-state index in [1.54, 1.807) is 24.3 Å². The molecule has 8 nitrogen and oxygen atoms in total. The summed E-state index contributed by atoms with van der Waals surface area (Å²) >= 11 is 0. The Morgan fingerprint density at radius 1 is 0.811 bits per heavy atom. The van der Waals surface area contributed by atoms with Crippen LogP contribution in [0.25, 0.3) is 0 Å². The van der Waals surface area contributed by atoms with Crippen molar-refractivity contribution in [1.82, 2.24) is 4.90 Å². The highest BCUT2D eigenvalue weighted by atomic mass is 16.7. The lowest BCUT2D eigenvalue weighted by Gasteiger charge is -2.46. The quantitative estimate of drug-likeness (QED) is 0.448. The third kappa shape index (κ3) is 5.20. The van der Waals surface area contributed by atoms with Crippen LogP contribution in [0.3, 0.4) is 0 Å². The van der Waals surface area contributed by atoms with Crippen molar-refractivity contribution in [1.29, 1.82) is 0 Å². The lowest BCUT2D eigenvalue weighted by atomic mass is 9.95. The van der Waals surface area contributed by atoms with Gasteiger partial charge in [-0.1, -0.05) is 72.8 Å². The number of rotatable bonds is 9. The van der Waals surface area contributed by atoms with Crippen molar-refractivity contribution in [2.24, 2.45) is 0 Å². The molecule has 37 heavy (non-hydrogen) atoms. The largest absolute Gasteiger partial charge is 0.388 e. The second-order valence-electron chi connectivity index (χ2n) is 9.05. The number of hydrogen-bond donors (Lipinski definition) is 1. The molecule has 2 aliphatic heterocycles. The molecule has 0 unspecified atom stereocenters. The van der Waals surface area contributed by atoms with Gasteiger partial charge in [0.25, 0.3) is 11.8 Å². The van der Waals surface area contributed by atoms with Gasteiger partial charge in [-0.25, -0.2) is 0 Å². The fourth-order valence-electron chi connectivity index (χ4n) is 4.81. The van der Waals surface area contributed by atoms with Crippen LogP contribution in [0.5, 0.6) is 0 Å². The topological polar surface area (TPSA) is 94.5 Å². The number of ether oxygens (including phenoxy) is 4. The second kappa shape index (κ2) is 11.3. The average Bonchev–Trinajstić information content (AvgIpc) is 3.19. The minimum Gasteiger partial charge on any atom is -0.388 e. The Morgan fingerprint density at radius 3 is 1.92 bits per heavy atom. The number of benzene rings is 3. The first kappa shape index (κ1) is 25.3. The Morgan fingerprint density at radius 2 is 1.35 bits per heavy atom. The van der Waals surface area contributed by atoms with E-state index in [1.165, 1.54) is 7.11 Å². The van der Waals surface area contributed by atoms with Gasteiger partial charge in [0.05, 0.1) is 30.9 Å². The van der Waals surface area contributed by atoms with E-state index < -0.39 is 42.5 Å². The van der Waals surface area contributed by atoms with E-state index in [1.807, 2.05) is 60.7 Å². The van der Waals surface area contributed by atoms with Crippen molar-refractivity contribution in [2.45, 2.75) is 43.9 Å². The first-order chi connectivity index (χ1) is 18.1. The van der Waals surface area contributed by atoms with Gasteiger partial charge in [-0.15, -0.1) is 0 Å². The molecule has 192 valence electrons. The minimum absolute atomic E-state index is 0.0654. The van der Waals surface area contributed by atoms with Crippen LogP contribution in [0, 0.1) is 0 Å². The standard InChI is InChI=1S/C29H29NO7/c1-34-29-24(30-27(32)21-14-8-9-15-22(21)28(30)33)26(36-17-20-12-6-3-7-13-20)25(31)23(37-29)18-35-16-19-10-4-2-5-11-19/h2-15,23-26,29,31H,16-18H2,1H3/t23-,24+,25-,26+,29+/m0/s1. The van der Waals surface area contributed by atoms with E-state index >= 15 is 0 Å². The van der Waals surface area contributed by atoms with Gasteiger partial charge in [0, 0.05) is 7.11 Å². The molecule has 2 aliphatic rings. The summed E-state index contributed by atoms with van der Waals surface area (Å²) in [5.41, 5.74) is 2.46. The van der Waals surface area contributed by atoms with Crippen LogP contribution in [0.15, 0.2) is 84.9 Å². The van der Waals surface area contributed by atoms with Crippen LogP contribution >= 0.6 is 0 Å². The summed E-state index contributed by atoms with van der Waals surface area (Å²) < 4.78 is 23.7. The lowest BCUT2D eigenvalue weighted by Crippen LogP contribution is -2.66. The number of methoxy groups -OCH3 is 1. The number of hydrogen-bond acceptors (Lipinski definition) is 7. The molecule has 0 spiro atoms. The van der Waals surface area contributed by atoms with Crippen LogP contribution in [0.4, 0.5) is 0 Å². The van der Waals surface area contributed by atoms with Crippen LogP contribution in [-0.4, -0.2) is 66.2 Å². The van der Waals surface area contributed by atoms with Gasteiger partial charge in [-0.2, -0.15) is 0 Å². The van der Waals surface area contributed by atoms with E-state index in [2.05, 4.69) is 0 Å². The average molecular weight is 504 g/mol. The highest BCUT2D eigenvalue weighted by Gasteiger charge is 2.54. The number of fused-ring (bicyclic) bond motifs is 1. The number of aliphatic hydroxyl groups is 1. The van der Waals surface area contributed by atoms with Crippen LogP contribution < -0.4 is 0 Å². The molecule has 2 amide bonds. The number of carbonyl (C=O) groups is 2. The predicted molar refractivity (Wildman–Crippen MR) is 134 cm³/mol. The SMILES string of the molecule is CO[C@@H]1O[C@@H](COCc2ccccc2)[C@H](O)[C@H](OCc2ccccc2)[C@H]1N1C(=O)c2ccccc2C1=O. The summed E-state index contributed by atoms with van der Waals surface area (Å²) in [6.45, 7) is 0.564. The van der Waals surface area contributed by atoms with E-state index in [-0.39, 0.29) is 13.2 Å². The summed E-state index contributed by atoms with van der Waals surface area (Å²) in [5, 5.41) is 11.4. The van der Waals surface area contributed by atoms with Crippen LogP contribution in [-0.2, 0) is 32.2 Å². The number of nitrogens with zero attached hydrogens (tertiary/aromatic N) is 1. The minimum atomic E-state index is -1.19. The van der Waals surface area contributed by atoms with E-state index in [9.17, 15) is 14.7 Å². The molecule has 0 aromatic heterocycles. The molecule has 5 atom stereocenters. The number of carbonyl (C=O) groups excluding carboxylic acids is 2. The molecule has 0 aliphatic carbocycles. The molecule has 2 heterocycles. The highest BCUT2D eigenvalue weighted by molar-refractivity contribution is 6.21. The molecule has 0 radical (unpaired) electrons. The number of imide groups is 1. The van der Waals surface area contributed by atoms with Gasteiger partial charge >= 0.3 is 0 Å². The second-order valence-corrected chi connectivity index (χ2v) is 9.05. The van der Waals surface area contributed by atoms with Crippen molar-refractivity contribution in [2.75, 3.05) is 13.7 Å². The smallest absolute Gasteiger partial charge is 0.262 e. The van der Waals surface area contributed by atoms with Crippen LogP contribution in [0.2, 0.25) is 0 Å². The third-order valence-electron chi connectivity index (χ3n) is 6.68. The summed E-state index contributed by atoms with van der Waals surface area (Å²) in [6, 6.07) is 24.7. The fraction of sp³-hybridized carbons (Fsp3) is 0.310. The Hall–Kier alpha value is -3.40. The molecular formula is C29H29NO7. The summed E-state index contributed by atoms with van der Waals surface area (Å²) in [5.74, 6) is -0.953. The Bertz CT molecular complexity index is 1180. The van der Waals surface area contributed by atoms with Crippen molar-refractivity contribution in [3.8, 4) is 0 Å². The fourth-order valence-corrected chi connectivity index (χ4v) is 4.81. The van der Waals surface area contributed by atoms with Gasteiger partial charge in [0.15, 0.2) is 6.29 Å². The Labute approximate surface area is 215 Å². The van der Waals surface area contributed by atoms with Crippen molar-refractivity contribution < 1.29 is 33.6 Å². The number of amides is 2. The first-order valence-electron chi connectivity index (χ1n) is 12.2. The number of aliphatic hydroxyl groups excluding tert-OH is 1. The van der Waals surface area contributed by atoms with Gasteiger partial charge in [-0.3, -0.25) is 14.5 Å². The summed E-state index contributed by atoms with van der Waals surface area (Å²) in [6.07, 6.45) is -4.01. The molecule has 3 aromatic rings. The van der Waals surface area contributed by atoms with E-state index in [0.717, 1.165) is 16.0 Å². The summed E-state index contributed by atoms with van der Waals surface area (Å²) in [7, 11) is 1.43. The third-order valence-corrected chi connectivity index (χ3v) is 6.68. The normalized spacial score (nSPS) is 25.4. The molecule has 1 N–H and O–H groups in total. The van der Waals surface area contributed by atoms with Crippen LogP contribution in [0.1, 0.15) is 31.8 Å². The van der Waals surface area contributed by atoms with Crippen molar-refractivity contribution >= 4 is 11.8 Å². The van der Waals surface area contributed by atoms with Gasteiger partial charge < -0.3 is 24.1 Å². The molecule has 1 fully saturated rings. The predicted octanol–water partition coefficient (Wildman–Crippen LogP) is 3.19. The molecule has 1 saturated heterocycles. The molecule has 3 aromatic carbocycles. The van der Waals surface area contributed by atoms with Crippen molar-refractivity contribution in [3.05, 3.63) is 107 Å². The monoisotopic (exact) mass is 503 g/mol. The molecule has 0 bridgehead atoms. The molecule has 0 saturated carbocycles. The Kier molecular flexibility index (Phi) is 7.73. The van der Waals surface area contributed by atoms with E-state index in [4.69, 9.17) is 18.9 Å². The zero-order valence-corrected chi connectivity index (χ0v) is 20.4. The molecular weight excluding hydrogens is 474 g/mol. The first-order valence-corrected chi connectivity index (χ1v) is 12.2. The lowest BCUT2D eigenvalue weighted by molar-refractivity contribution is -0.283. The van der Waals surface area contributed by atoms with Gasteiger partial charge in [-0.05, 0) is 23.3 Å².